The molecule has 2 aromatic rings. The van der Waals surface area contributed by atoms with E-state index in [1.807, 2.05) is 31.2 Å². The molecule has 3 heteroatoms. The average Bonchev–Trinajstić information content (AvgIpc) is 2.48. The first-order chi connectivity index (χ1) is 9.66. The molecule has 0 spiro atoms. The minimum absolute atomic E-state index is 0.103. The lowest BCUT2D eigenvalue weighted by Gasteiger charge is -2.25. The number of ketones is 1. The number of aryl methyl sites for hydroxylation is 1. The predicted octanol–water partition coefficient (Wildman–Crippen LogP) is 3.63. The molecule has 2 nitrogen and oxygen atoms in total. The van der Waals surface area contributed by atoms with Gasteiger partial charge in [0.25, 0.3) is 0 Å². The van der Waals surface area contributed by atoms with Crippen LogP contribution in [0.5, 0.6) is 0 Å². The molecule has 0 aliphatic carbocycles. The van der Waals surface area contributed by atoms with Crippen molar-refractivity contribution in [1.29, 1.82) is 0 Å². The molecule has 1 unspecified atom stereocenters. The molecular formula is C17H15FO2. The average molecular weight is 270 g/mol. The fourth-order valence-corrected chi connectivity index (χ4v) is 2.58. The molecule has 0 fully saturated rings. The highest BCUT2D eigenvalue weighted by atomic mass is 19.1. The van der Waals surface area contributed by atoms with Crippen LogP contribution in [-0.4, -0.2) is 12.4 Å². The smallest absolute Gasteiger partial charge is 0.199 e. The summed E-state index contributed by atoms with van der Waals surface area (Å²) in [5.41, 5.74) is 2.92. The van der Waals surface area contributed by atoms with Crippen LogP contribution in [0.3, 0.4) is 0 Å². The first-order valence-electron chi connectivity index (χ1n) is 6.66. The third-order valence-corrected chi connectivity index (χ3v) is 3.62. The number of carbonyl (C=O) groups excluding carboxylic acids is 1. The van der Waals surface area contributed by atoms with Crippen LogP contribution < -0.4 is 0 Å². The van der Waals surface area contributed by atoms with Gasteiger partial charge in [0.2, 0.25) is 0 Å². The lowest BCUT2D eigenvalue weighted by molar-refractivity contribution is 0.0345. The molecule has 2 aromatic carbocycles. The molecule has 1 heterocycles. The van der Waals surface area contributed by atoms with Crippen molar-refractivity contribution >= 4 is 5.78 Å². The number of carbonyl (C=O) groups is 1. The van der Waals surface area contributed by atoms with Gasteiger partial charge in [0.05, 0.1) is 12.2 Å². The minimum atomic E-state index is -0.698. The van der Waals surface area contributed by atoms with Crippen molar-refractivity contribution in [3.05, 3.63) is 70.5 Å². The minimum Gasteiger partial charge on any atom is -0.365 e. The van der Waals surface area contributed by atoms with Crippen LogP contribution in [0, 0.1) is 12.7 Å². The summed E-state index contributed by atoms with van der Waals surface area (Å²) in [7, 11) is 0. The maximum atomic E-state index is 13.9. The highest BCUT2D eigenvalue weighted by molar-refractivity contribution is 6.00. The second-order valence-electron chi connectivity index (χ2n) is 5.05. The Morgan fingerprint density at radius 1 is 1.25 bits per heavy atom. The van der Waals surface area contributed by atoms with Gasteiger partial charge in [-0.05, 0) is 36.6 Å². The van der Waals surface area contributed by atoms with Gasteiger partial charge >= 0.3 is 0 Å². The van der Waals surface area contributed by atoms with Crippen molar-refractivity contribution in [1.82, 2.24) is 0 Å². The number of fused-ring (bicyclic) bond motifs is 1. The van der Waals surface area contributed by atoms with E-state index in [2.05, 4.69) is 0 Å². The first kappa shape index (κ1) is 13.0. The van der Waals surface area contributed by atoms with E-state index < -0.39 is 11.9 Å². The Kier molecular flexibility index (Phi) is 3.36. The molecule has 1 atom stereocenters. The zero-order chi connectivity index (χ0) is 14.1. The fourth-order valence-electron chi connectivity index (χ4n) is 2.58. The van der Waals surface area contributed by atoms with Gasteiger partial charge < -0.3 is 4.74 Å². The van der Waals surface area contributed by atoms with Crippen molar-refractivity contribution < 1.29 is 13.9 Å². The molecule has 3 rings (SSSR count). The normalized spacial score (nSPS) is 17.6. The van der Waals surface area contributed by atoms with E-state index in [0.717, 1.165) is 23.1 Å². The Bertz CT molecular complexity index is 664. The molecule has 1 aliphatic heterocycles. The van der Waals surface area contributed by atoms with Gasteiger partial charge in [-0.1, -0.05) is 35.9 Å². The summed E-state index contributed by atoms with van der Waals surface area (Å²) in [6.07, 6.45) is 0.0900. The molecule has 20 heavy (non-hydrogen) atoms. The number of ether oxygens (including phenoxy) is 1. The summed E-state index contributed by atoms with van der Waals surface area (Å²) in [6, 6.07) is 12.3. The third-order valence-electron chi connectivity index (χ3n) is 3.62. The standard InChI is InChI=1S/C17H15FO2/c1-11-6-7-15(18)14(10-11)16(19)17-13-5-3-2-4-12(13)8-9-20-17/h2-7,10,17H,8-9H2,1H3. The number of Topliss-reactive ketones (excluding diaryl/α,β-unsaturated/α-hetero) is 1. The maximum Gasteiger partial charge on any atom is 0.199 e. The second kappa shape index (κ2) is 5.17. The number of rotatable bonds is 2. The van der Waals surface area contributed by atoms with Crippen LogP contribution in [0.2, 0.25) is 0 Å². The molecule has 0 saturated heterocycles. The molecule has 0 amide bonds. The quantitative estimate of drug-likeness (QED) is 0.779. The van der Waals surface area contributed by atoms with E-state index in [9.17, 15) is 9.18 Å². The molecule has 1 aliphatic rings. The lowest BCUT2D eigenvalue weighted by atomic mass is 9.92. The molecule has 0 N–H and O–H groups in total. The van der Waals surface area contributed by atoms with Gasteiger partial charge in [-0.3, -0.25) is 4.79 Å². The lowest BCUT2D eigenvalue weighted by Crippen LogP contribution is -2.24. The van der Waals surface area contributed by atoms with Crippen molar-refractivity contribution in [3.63, 3.8) is 0 Å². The zero-order valence-electron chi connectivity index (χ0n) is 11.2. The predicted molar refractivity (Wildman–Crippen MR) is 74.3 cm³/mol. The highest BCUT2D eigenvalue weighted by Gasteiger charge is 2.29. The summed E-state index contributed by atoms with van der Waals surface area (Å²) >= 11 is 0. The van der Waals surface area contributed by atoms with Crippen LogP contribution in [0.1, 0.15) is 33.2 Å². The molecule has 102 valence electrons. The van der Waals surface area contributed by atoms with Gasteiger partial charge in [0.15, 0.2) is 5.78 Å². The van der Waals surface area contributed by atoms with Crippen LogP contribution in [0.4, 0.5) is 4.39 Å². The van der Waals surface area contributed by atoms with E-state index in [1.54, 1.807) is 12.1 Å². The Morgan fingerprint density at radius 2 is 2.05 bits per heavy atom. The number of hydrogen-bond acceptors (Lipinski definition) is 2. The SMILES string of the molecule is Cc1ccc(F)c(C(=O)C2OCCc3ccccc32)c1. The van der Waals surface area contributed by atoms with Gasteiger partial charge in [0, 0.05) is 0 Å². The molecular weight excluding hydrogens is 255 g/mol. The molecule has 0 aromatic heterocycles. The monoisotopic (exact) mass is 270 g/mol. The van der Waals surface area contributed by atoms with Crippen LogP contribution in [0.15, 0.2) is 42.5 Å². The summed E-state index contributed by atoms with van der Waals surface area (Å²) in [6.45, 7) is 2.33. The number of benzene rings is 2. The molecule has 0 saturated carbocycles. The van der Waals surface area contributed by atoms with E-state index in [-0.39, 0.29) is 11.3 Å². The first-order valence-corrected chi connectivity index (χ1v) is 6.66. The van der Waals surface area contributed by atoms with Gasteiger partial charge in [0.1, 0.15) is 11.9 Å². The summed E-state index contributed by atoms with van der Waals surface area (Å²) < 4.78 is 19.5. The van der Waals surface area contributed by atoms with Crippen LogP contribution in [0.25, 0.3) is 0 Å². The third kappa shape index (κ3) is 2.25. The zero-order valence-corrected chi connectivity index (χ0v) is 11.2. The fraction of sp³-hybridized carbons (Fsp3) is 0.235. The van der Waals surface area contributed by atoms with E-state index >= 15 is 0 Å². The Balaban J connectivity index is 2.02. The van der Waals surface area contributed by atoms with Gasteiger partial charge in [-0.2, -0.15) is 0 Å². The largest absolute Gasteiger partial charge is 0.365 e. The van der Waals surface area contributed by atoms with Crippen molar-refractivity contribution in [2.24, 2.45) is 0 Å². The van der Waals surface area contributed by atoms with Crippen LogP contribution >= 0.6 is 0 Å². The van der Waals surface area contributed by atoms with Crippen molar-refractivity contribution in [2.45, 2.75) is 19.4 Å². The summed E-state index contributed by atoms with van der Waals surface area (Å²) in [5, 5.41) is 0. The van der Waals surface area contributed by atoms with Crippen LogP contribution in [-0.2, 0) is 11.2 Å². The topological polar surface area (TPSA) is 26.3 Å². The van der Waals surface area contributed by atoms with E-state index in [4.69, 9.17) is 4.74 Å². The summed E-state index contributed by atoms with van der Waals surface area (Å²) in [4.78, 5) is 12.6. The molecule has 0 radical (unpaired) electrons. The second-order valence-corrected chi connectivity index (χ2v) is 5.05. The van der Waals surface area contributed by atoms with Crippen molar-refractivity contribution in [2.75, 3.05) is 6.61 Å². The summed E-state index contributed by atoms with van der Waals surface area (Å²) in [5.74, 6) is -0.800. The Labute approximate surface area is 117 Å². The van der Waals surface area contributed by atoms with E-state index in [1.165, 1.54) is 6.07 Å². The van der Waals surface area contributed by atoms with Gasteiger partial charge in [-0.15, -0.1) is 0 Å². The number of halogens is 1. The molecule has 0 bridgehead atoms. The van der Waals surface area contributed by atoms with Gasteiger partial charge in [-0.25, -0.2) is 4.39 Å². The maximum absolute atomic E-state index is 13.9. The van der Waals surface area contributed by atoms with Crippen molar-refractivity contribution in [3.8, 4) is 0 Å². The highest BCUT2D eigenvalue weighted by Crippen LogP contribution is 2.30. The Morgan fingerprint density at radius 3 is 2.90 bits per heavy atom. The number of hydrogen-bond donors (Lipinski definition) is 0. The Hall–Kier alpha value is -2.00. The van der Waals surface area contributed by atoms with E-state index in [0.29, 0.717) is 6.61 Å².